The van der Waals surface area contributed by atoms with Crippen molar-refractivity contribution in [2.75, 3.05) is 7.05 Å². The van der Waals surface area contributed by atoms with E-state index in [0.29, 0.717) is 5.69 Å². The van der Waals surface area contributed by atoms with Crippen molar-refractivity contribution in [3.8, 4) is 0 Å². The van der Waals surface area contributed by atoms with Crippen molar-refractivity contribution in [1.29, 1.82) is 0 Å². The monoisotopic (exact) mass is 281 g/mol. The molecule has 6 heteroatoms. The molecule has 2 aromatic heterocycles. The fourth-order valence-corrected chi connectivity index (χ4v) is 2.08. The average molecular weight is 281 g/mol. The molecule has 0 radical (unpaired) electrons. The fraction of sp³-hybridized carbons (Fsp3) is 0.286. The maximum Gasteiger partial charge on any atom is 0.416 e. The van der Waals surface area contributed by atoms with Crippen LogP contribution >= 0.6 is 0 Å². The van der Waals surface area contributed by atoms with Gasteiger partial charge in [-0.15, -0.1) is 0 Å². The van der Waals surface area contributed by atoms with Gasteiger partial charge in [0.15, 0.2) is 0 Å². The summed E-state index contributed by atoms with van der Waals surface area (Å²) in [6.07, 6.45) is -2.05. The van der Waals surface area contributed by atoms with Gasteiger partial charge < -0.3 is 5.32 Å². The van der Waals surface area contributed by atoms with E-state index in [2.05, 4.69) is 15.3 Å². The summed E-state index contributed by atoms with van der Waals surface area (Å²) >= 11 is 0. The Bertz CT molecular complexity index is 596. The molecule has 0 saturated carbocycles. The molecule has 1 N–H and O–H groups in total. The van der Waals surface area contributed by atoms with Gasteiger partial charge in [-0.25, -0.2) is 0 Å². The van der Waals surface area contributed by atoms with Crippen LogP contribution in [-0.4, -0.2) is 17.0 Å². The van der Waals surface area contributed by atoms with Gasteiger partial charge >= 0.3 is 6.18 Å². The van der Waals surface area contributed by atoms with Crippen molar-refractivity contribution in [3.63, 3.8) is 0 Å². The minimum absolute atomic E-state index is 0.0700. The van der Waals surface area contributed by atoms with Crippen LogP contribution in [0.1, 0.15) is 28.6 Å². The average Bonchev–Trinajstić information content (AvgIpc) is 2.39. The van der Waals surface area contributed by atoms with E-state index in [1.807, 2.05) is 0 Å². The highest BCUT2D eigenvalue weighted by Crippen LogP contribution is 2.35. The third-order valence-corrected chi connectivity index (χ3v) is 2.96. The predicted molar refractivity (Wildman–Crippen MR) is 69.1 cm³/mol. The SMILES string of the molecule is CNC(c1cccc(C)n1)c1cnccc1C(F)(F)F. The molecule has 20 heavy (non-hydrogen) atoms. The van der Waals surface area contributed by atoms with Gasteiger partial charge in [0.1, 0.15) is 0 Å². The number of hydrogen-bond acceptors (Lipinski definition) is 3. The van der Waals surface area contributed by atoms with Crippen molar-refractivity contribution >= 4 is 0 Å². The lowest BCUT2D eigenvalue weighted by molar-refractivity contribution is -0.138. The molecule has 106 valence electrons. The molecular weight excluding hydrogens is 267 g/mol. The Balaban J connectivity index is 2.53. The van der Waals surface area contributed by atoms with Gasteiger partial charge in [0, 0.05) is 23.7 Å². The second kappa shape index (κ2) is 5.58. The number of hydrogen-bond donors (Lipinski definition) is 1. The smallest absolute Gasteiger partial charge is 0.308 e. The first kappa shape index (κ1) is 14.5. The quantitative estimate of drug-likeness (QED) is 0.939. The second-order valence-electron chi connectivity index (χ2n) is 4.39. The molecular formula is C14H14F3N3. The normalized spacial score (nSPS) is 13.2. The van der Waals surface area contributed by atoms with Crippen LogP contribution in [0.3, 0.4) is 0 Å². The summed E-state index contributed by atoms with van der Waals surface area (Å²) in [5.41, 5.74) is 0.655. The molecule has 0 aliphatic rings. The number of pyridine rings is 2. The largest absolute Gasteiger partial charge is 0.416 e. The molecule has 2 aromatic rings. The molecule has 0 fully saturated rings. The molecule has 0 amide bonds. The topological polar surface area (TPSA) is 37.8 Å². The zero-order valence-electron chi connectivity index (χ0n) is 11.1. The molecule has 2 rings (SSSR count). The van der Waals surface area contributed by atoms with Crippen molar-refractivity contribution in [1.82, 2.24) is 15.3 Å². The Hall–Kier alpha value is -1.95. The van der Waals surface area contributed by atoms with E-state index in [9.17, 15) is 13.2 Å². The first-order valence-electron chi connectivity index (χ1n) is 6.05. The highest BCUT2D eigenvalue weighted by molar-refractivity contribution is 5.34. The highest BCUT2D eigenvalue weighted by Gasteiger charge is 2.35. The zero-order chi connectivity index (χ0) is 14.8. The summed E-state index contributed by atoms with van der Waals surface area (Å²) in [7, 11) is 1.60. The first-order valence-corrected chi connectivity index (χ1v) is 6.05. The Morgan fingerprint density at radius 1 is 1.20 bits per heavy atom. The van der Waals surface area contributed by atoms with E-state index in [1.165, 1.54) is 6.20 Å². The Morgan fingerprint density at radius 3 is 2.55 bits per heavy atom. The number of nitrogens with zero attached hydrogens (tertiary/aromatic N) is 2. The lowest BCUT2D eigenvalue weighted by atomic mass is 9.99. The highest BCUT2D eigenvalue weighted by atomic mass is 19.4. The maximum atomic E-state index is 13.1. The van der Waals surface area contributed by atoms with Gasteiger partial charge in [-0.1, -0.05) is 6.07 Å². The summed E-state index contributed by atoms with van der Waals surface area (Å²) in [6, 6.07) is 5.59. The van der Waals surface area contributed by atoms with E-state index in [0.717, 1.165) is 18.0 Å². The molecule has 2 heterocycles. The molecule has 1 atom stereocenters. The molecule has 0 saturated heterocycles. The van der Waals surface area contributed by atoms with E-state index < -0.39 is 17.8 Å². The van der Waals surface area contributed by atoms with Crippen molar-refractivity contribution in [3.05, 3.63) is 59.2 Å². The van der Waals surface area contributed by atoms with E-state index in [-0.39, 0.29) is 5.56 Å². The second-order valence-corrected chi connectivity index (χ2v) is 4.39. The summed E-state index contributed by atoms with van der Waals surface area (Å²) in [5.74, 6) is 0. The number of halogens is 3. The van der Waals surface area contributed by atoms with E-state index >= 15 is 0 Å². The number of nitrogens with one attached hydrogen (secondary N) is 1. The fourth-order valence-electron chi connectivity index (χ4n) is 2.08. The van der Waals surface area contributed by atoms with Gasteiger partial charge in [0.25, 0.3) is 0 Å². The van der Waals surface area contributed by atoms with Crippen LogP contribution in [0.5, 0.6) is 0 Å². The Kier molecular flexibility index (Phi) is 4.04. The van der Waals surface area contributed by atoms with E-state index in [4.69, 9.17) is 0 Å². The molecule has 1 unspecified atom stereocenters. The van der Waals surface area contributed by atoms with Crippen LogP contribution in [0.2, 0.25) is 0 Å². The van der Waals surface area contributed by atoms with Gasteiger partial charge in [0.05, 0.1) is 17.3 Å². The number of aromatic nitrogens is 2. The number of rotatable bonds is 3. The molecule has 3 nitrogen and oxygen atoms in total. The first-order chi connectivity index (χ1) is 9.43. The van der Waals surface area contributed by atoms with E-state index in [1.54, 1.807) is 32.2 Å². The van der Waals surface area contributed by atoms with Gasteiger partial charge in [-0.3, -0.25) is 9.97 Å². The van der Waals surface area contributed by atoms with Gasteiger partial charge in [-0.05, 0) is 32.2 Å². The number of aryl methyl sites for hydroxylation is 1. The molecule has 0 aromatic carbocycles. The van der Waals surface area contributed by atoms with Crippen molar-refractivity contribution in [2.45, 2.75) is 19.1 Å². The summed E-state index contributed by atoms with van der Waals surface area (Å²) < 4.78 is 39.2. The molecule has 0 bridgehead atoms. The van der Waals surface area contributed by atoms with Crippen molar-refractivity contribution in [2.24, 2.45) is 0 Å². The van der Waals surface area contributed by atoms with Crippen LogP contribution in [0, 0.1) is 6.92 Å². The minimum atomic E-state index is -4.42. The Labute approximate surface area is 114 Å². The van der Waals surface area contributed by atoms with Gasteiger partial charge in [0.2, 0.25) is 0 Å². The Morgan fingerprint density at radius 2 is 1.95 bits per heavy atom. The van der Waals surface area contributed by atoms with Crippen LogP contribution in [0.25, 0.3) is 0 Å². The third kappa shape index (κ3) is 2.96. The van der Waals surface area contributed by atoms with Crippen LogP contribution in [0.4, 0.5) is 13.2 Å². The summed E-state index contributed by atoms with van der Waals surface area (Å²) in [6.45, 7) is 1.80. The zero-order valence-corrected chi connectivity index (χ0v) is 11.1. The molecule has 0 aliphatic carbocycles. The van der Waals surface area contributed by atoms with Crippen molar-refractivity contribution < 1.29 is 13.2 Å². The van der Waals surface area contributed by atoms with Gasteiger partial charge in [-0.2, -0.15) is 13.2 Å². The van der Waals surface area contributed by atoms with Crippen LogP contribution < -0.4 is 5.32 Å². The predicted octanol–water partition coefficient (Wildman–Crippen LogP) is 3.11. The van der Waals surface area contributed by atoms with Crippen LogP contribution in [0.15, 0.2) is 36.7 Å². The minimum Gasteiger partial charge on any atom is -0.308 e. The summed E-state index contributed by atoms with van der Waals surface area (Å²) in [4.78, 5) is 8.09. The molecule has 0 aliphatic heterocycles. The molecule has 0 spiro atoms. The standard InChI is InChI=1S/C14H14F3N3/c1-9-4-3-5-12(20-9)13(18-2)10-8-19-7-6-11(10)14(15,16)17/h3-8,13,18H,1-2H3. The number of alkyl halides is 3. The maximum absolute atomic E-state index is 13.1. The lowest BCUT2D eigenvalue weighted by Crippen LogP contribution is -2.23. The third-order valence-electron chi connectivity index (χ3n) is 2.96. The summed E-state index contributed by atoms with van der Waals surface area (Å²) in [5, 5.41) is 2.87. The van der Waals surface area contributed by atoms with Crippen LogP contribution in [-0.2, 0) is 6.18 Å². The lowest BCUT2D eigenvalue weighted by Gasteiger charge is -2.20.